The van der Waals surface area contributed by atoms with Gasteiger partial charge < -0.3 is 14.9 Å². The third-order valence-corrected chi connectivity index (χ3v) is 4.81. The first-order valence-electron chi connectivity index (χ1n) is 8.17. The number of aromatic hydroxyl groups is 1. The Balaban J connectivity index is 1.64. The van der Waals surface area contributed by atoms with E-state index in [0.29, 0.717) is 0 Å². The molecule has 0 unspecified atom stereocenters. The van der Waals surface area contributed by atoms with Gasteiger partial charge >= 0.3 is 0 Å². The van der Waals surface area contributed by atoms with Crippen molar-refractivity contribution in [2.45, 2.75) is 13.0 Å². The summed E-state index contributed by atoms with van der Waals surface area (Å²) < 4.78 is 0. The Morgan fingerprint density at radius 3 is 2.46 bits per heavy atom. The number of phenolic OH excluding ortho intramolecular Hbond substituents is 1. The van der Waals surface area contributed by atoms with Crippen LogP contribution in [-0.4, -0.2) is 36.2 Å². The minimum absolute atomic E-state index is 0.154. The quantitative estimate of drug-likeness (QED) is 0.663. The van der Waals surface area contributed by atoms with Crippen molar-refractivity contribution >= 4 is 11.4 Å². The van der Waals surface area contributed by atoms with Crippen LogP contribution in [0, 0.1) is 10.1 Å². The van der Waals surface area contributed by atoms with Crippen molar-refractivity contribution in [2.75, 3.05) is 31.1 Å². The predicted octanol–water partition coefficient (Wildman–Crippen LogP) is 1.77. The van der Waals surface area contributed by atoms with Crippen LogP contribution in [0.1, 0.15) is 18.5 Å². The van der Waals surface area contributed by atoms with Crippen LogP contribution in [0.25, 0.3) is 0 Å². The van der Waals surface area contributed by atoms with Gasteiger partial charge in [-0.2, -0.15) is 0 Å². The fraction of sp³-hybridized carbons (Fsp3) is 0.333. The van der Waals surface area contributed by atoms with Gasteiger partial charge in [0.05, 0.1) is 31.1 Å². The van der Waals surface area contributed by atoms with E-state index in [1.54, 1.807) is 24.3 Å². The summed E-state index contributed by atoms with van der Waals surface area (Å²) in [7, 11) is 0. The van der Waals surface area contributed by atoms with E-state index in [0.717, 1.165) is 37.4 Å². The van der Waals surface area contributed by atoms with Gasteiger partial charge in [0.25, 0.3) is 5.69 Å². The molecule has 0 radical (unpaired) electrons. The Bertz CT molecular complexity index is 710. The molecule has 2 N–H and O–H groups in total. The number of nitrogens with one attached hydrogen (secondary N) is 1. The van der Waals surface area contributed by atoms with Crippen molar-refractivity contribution in [2.24, 2.45) is 0 Å². The maximum atomic E-state index is 11.0. The summed E-state index contributed by atoms with van der Waals surface area (Å²) >= 11 is 0. The molecule has 0 aliphatic carbocycles. The minimum Gasteiger partial charge on any atom is -0.508 e. The fourth-order valence-corrected chi connectivity index (χ4v) is 3.29. The van der Waals surface area contributed by atoms with Crippen LogP contribution in [0.2, 0.25) is 0 Å². The van der Waals surface area contributed by atoms with Gasteiger partial charge in [0.1, 0.15) is 11.8 Å². The molecule has 1 saturated heterocycles. The maximum Gasteiger partial charge on any atom is 0.269 e. The summed E-state index contributed by atoms with van der Waals surface area (Å²) in [5.41, 5.74) is 2.29. The van der Waals surface area contributed by atoms with Crippen LogP contribution in [0.15, 0.2) is 48.5 Å². The molecule has 6 nitrogen and oxygen atoms in total. The van der Waals surface area contributed by atoms with Crippen LogP contribution in [0.4, 0.5) is 11.4 Å². The molecule has 1 fully saturated rings. The first-order chi connectivity index (χ1) is 11.5. The molecule has 1 aliphatic heterocycles. The SMILES string of the molecule is C[C@H](c1cccc([N+](=O)[O-])c1)[NH+]1CCN(c2ccc(O)cc2)CC1. The van der Waals surface area contributed by atoms with Crippen molar-refractivity contribution in [3.63, 3.8) is 0 Å². The van der Waals surface area contributed by atoms with Gasteiger partial charge in [-0.05, 0) is 31.2 Å². The van der Waals surface area contributed by atoms with E-state index >= 15 is 0 Å². The third kappa shape index (κ3) is 3.49. The highest BCUT2D eigenvalue weighted by Crippen LogP contribution is 2.20. The lowest BCUT2D eigenvalue weighted by atomic mass is 10.1. The minimum atomic E-state index is -0.339. The summed E-state index contributed by atoms with van der Waals surface area (Å²) in [6, 6.07) is 14.5. The van der Waals surface area contributed by atoms with E-state index in [4.69, 9.17) is 0 Å². The number of piperazine rings is 1. The van der Waals surface area contributed by atoms with Gasteiger partial charge in [-0.25, -0.2) is 0 Å². The number of nitrogens with zero attached hydrogens (tertiary/aromatic N) is 2. The van der Waals surface area contributed by atoms with Crippen molar-refractivity contribution in [3.05, 3.63) is 64.2 Å². The van der Waals surface area contributed by atoms with E-state index in [9.17, 15) is 15.2 Å². The van der Waals surface area contributed by atoms with Crippen LogP contribution in [-0.2, 0) is 0 Å². The summed E-state index contributed by atoms with van der Waals surface area (Å²) in [4.78, 5) is 14.4. The molecular weight excluding hydrogens is 306 g/mol. The lowest BCUT2D eigenvalue weighted by Crippen LogP contribution is -3.14. The van der Waals surface area contributed by atoms with Crippen LogP contribution >= 0.6 is 0 Å². The summed E-state index contributed by atoms with van der Waals surface area (Å²) in [6.07, 6.45) is 0. The van der Waals surface area contributed by atoms with Crippen LogP contribution in [0.3, 0.4) is 0 Å². The van der Waals surface area contributed by atoms with E-state index in [1.165, 1.54) is 11.0 Å². The van der Waals surface area contributed by atoms with Crippen molar-refractivity contribution < 1.29 is 14.9 Å². The number of hydrogen-bond acceptors (Lipinski definition) is 4. The Labute approximate surface area is 141 Å². The van der Waals surface area contributed by atoms with E-state index in [-0.39, 0.29) is 22.4 Å². The van der Waals surface area contributed by atoms with Gasteiger partial charge in [0.15, 0.2) is 0 Å². The smallest absolute Gasteiger partial charge is 0.269 e. The molecule has 1 atom stereocenters. The Hall–Kier alpha value is -2.60. The summed E-state index contributed by atoms with van der Waals surface area (Å²) in [5, 5.41) is 20.3. The zero-order valence-electron chi connectivity index (χ0n) is 13.7. The highest BCUT2D eigenvalue weighted by Gasteiger charge is 2.26. The topological polar surface area (TPSA) is 71.0 Å². The Kier molecular flexibility index (Phi) is 4.66. The first-order valence-corrected chi connectivity index (χ1v) is 8.17. The predicted molar refractivity (Wildman–Crippen MR) is 92.5 cm³/mol. The standard InChI is InChI=1S/C18H21N3O3/c1-14(15-3-2-4-17(13-15)21(23)24)19-9-11-20(12-10-19)16-5-7-18(22)8-6-16/h2-8,13-14,22H,9-12H2,1H3/p+1/t14-/m1/s1. The number of anilines is 1. The Morgan fingerprint density at radius 2 is 1.83 bits per heavy atom. The second-order valence-corrected chi connectivity index (χ2v) is 6.24. The highest BCUT2D eigenvalue weighted by atomic mass is 16.6. The zero-order chi connectivity index (χ0) is 17.1. The van der Waals surface area contributed by atoms with Gasteiger partial charge in [-0.15, -0.1) is 0 Å². The van der Waals surface area contributed by atoms with Crippen molar-refractivity contribution in [3.8, 4) is 5.75 Å². The number of nitro benzene ring substituents is 1. The Morgan fingerprint density at radius 1 is 1.17 bits per heavy atom. The molecule has 1 heterocycles. The number of phenols is 1. The lowest BCUT2D eigenvalue weighted by Gasteiger charge is -2.36. The average Bonchev–Trinajstić information content (AvgIpc) is 2.62. The van der Waals surface area contributed by atoms with Crippen molar-refractivity contribution in [1.29, 1.82) is 0 Å². The molecule has 0 saturated carbocycles. The normalized spacial score (nSPS) is 16.8. The molecule has 6 heteroatoms. The molecule has 1 aliphatic rings. The molecule has 2 aromatic rings. The lowest BCUT2D eigenvalue weighted by molar-refractivity contribution is -0.930. The number of hydrogen-bond donors (Lipinski definition) is 2. The molecule has 126 valence electrons. The second kappa shape index (κ2) is 6.88. The van der Waals surface area contributed by atoms with Gasteiger partial charge in [0, 0.05) is 23.4 Å². The number of rotatable bonds is 4. The van der Waals surface area contributed by atoms with Crippen LogP contribution < -0.4 is 9.80 Å². The average molecular weight is 328 g/mol. The molecule has 0 bridgehead atoms. The summed E-state index contributed by atoms with van der Waals surface area (Å²) in [6.45, 7) is 5.94. The first kappa shape index (κ1) is 16.3. The second-order valence-electron chi connectivity index (χ2n) is 6.24. The van der Waals surface area contributed by atoms with Gasteiger partial charge in [-0.1, -0.05) is 12.1 Å². The van der Waals surface area contributed by atoms with Crippen molar-refractivity contribution in [1.82, 2.24) is 0 Å². The van der Waals surface area contributed by atoms with Gasteiger partial charge in [0.2, 0.25) is 0 Å². The molecule has 2 aromatic carbocycles. The number of non-ortho nitro benzene ring substituents is 1. The maximum absolute atomic E-state index is 11.0. The fourth-order valence-electron chi connectivity index (χ4n) is 3.29. The molecule has 3 rings (SSSR count). The molecule has 0 amide bonds. The monoisotopic (exact) mass is 328 g/mol. The molecule has 24 heavy (non-hydrogen) atoms. The van der Waals surface area contributed by atoms with E-state index in [1.807, 2.05) is 18.2 Å². The van der Waals surface area contributed by atoms with Crippen LogP contribution in [0.5, 0.6) is 5.75 Å². The largest absolute Gasteiger partial charge is 0.508 e. The molecule has 0 spiro atoms. The summed E-state index contributed by atoms with van der Waals surface area (Å²) in [5.74, 6) is 0.280. The number of nitro groups is 1. The van der Waals surface area contributed by atoms with E-state index in [2.05, 4.69) is 11.8 Å². The third-order valence-electron chi connectivity index (χ3n) is 4.81. The van der Waals surface area contributed by atoms with Gasteiger partial charge in [-0.3, -0.25) is 10.1 Å². The highest BCUT2D eigenvalue weighted by molar-refractivity contribution is 5.48. The van der Waals surface area contributed by atoms with E-state index < -0.39 is 0 Å². The number of benzene rings is 2. The zero-order valence-corrected chi connectivity index (χ0v) is 13.7. The molecule has 0 aromatic heterocycles. The number of quaternary nitrogens is 1. The molecular formula is C18H22N3O3+.